The van der Waals surface area contributed by atoms with Crippen LogP contribution < -0.4 is 5.32 Å². The molecule has 0 bridgehead atoms. The van der Waals surface area contributed by atoms with Crippen molar-refractivity contribution in [2.45, 2.75) is 65.2 Å². The van der Waals surface area contributed by atoms with E-state index >= 15 is 0 Å². The highest BCUT2D eigenvalue weighted by Gasteiger charge is 2.37. The molecule has 1 spiro atoms. The van der Waals surface area contributed by atoms with Crippen LogP contribution in [0.15, 0.2) is 18.6 Å². The van der Waals surface area contributed by atoms with Crippen LogP contribution in [0.2, 0.25) is 0 Å². The Morgan fingerprint density at radius 2 is 1.88 bits per heavy atom. The lowest BCUT2D eigenvalue weighted by atomic mass is 9.64. The molecule has 5 nitrogen and oxygen atoms in total. The van der Waals surface area contributed by atoms with Gasteiger partial charge in [-0.2, -0.15) is 4.39 Å². The Morgan fingerprint density at radius 3 is 2.31 bits per heavy atom. The van der Waals surface area contributed by atoms with E-state index in [-0.39, 0.29) is 5.69 Å². The van der Waals surface area contributed by atoms with E-state index in [2.05, 4.69) is 22.3 Å². The van der Waals surface area contributed by atoms with Gasteiger partial charge in [-0.3, -0.25) is 5.41 Å². The zero-order valence-corrected chi connectivity index (χ0v) is 16.9. The van der Waals surface area contributed by atoms with Gasteiger partial charge < -0.3 is 10.4 Å². The molecular formula is C20H37FN4O. The molecule has 2 aliphatic rings. The minimum atomic E-state index is -1.03. The van der Waals surface area contributed by atoms with Gasteiger partial charge in [-0.25, -0.2) is 9.97 Å². The lowest BCUT2D eigenvalue weighted by Gasteiger charge is -2.41. The zero-order chi connectivity index (χ0) is 19.8. The molecule has 6 heteroatoms. The summed E-state index contributed by atoms with van der Waals surface area (Å²) in [6, 6.07) is 1.34. The summed E-state index contributed by atoms with van der Waals surface area (Å²) in [5.41, 5.74) is 0.854. The molecule has 2 saturated carbocycles. The third kappa shape index (κ3) is 8.81. The molecule has 1 atom stereocenters. The van der Waals surface area contributed by atoms with Gasteiger partial charge in [0.25, 0.3) is 0 Å². The van der Waals surface area contributed by atoms with E-state index in [1.807, 2.05) is 13.8 Å². The molecule has 3 N–H and O–H groups in total. The highest BCUT2D eigenvalue weighted by molar-refractivity contribution is 5.88. The molecule has 0 amide bonds. The minimum absolute atomic E-state index is 0.0185. The maximum Gasteiger partial charge on any atom is 0.231 e. The van der Waals surface area contributed by atoms with Crippen LogP contribution >= 0.6 is 0 Å². The van der Waals surface area contributed by atoms with Crippen molar-refractivity contribution < 1.29 is 9.50 Å². The van der Waals surface area contributed by atoms with Crippen LogP contribution in [-0.2, 0) is 0 Å². The standard InChI is InChI=1S/C12H23N.C5H4FN3.C2H6.CH4O/c1-13-10-11-4-2-6-12(9-5-11)7-3-8-12;6-5(7)4-1-2-8-3-9-4;2*1-2/h11,13H,2-10H2,1H3;1-3,7H;1-2H3;2H,1H3. The predicted molar refractivity (Wildman–Crippen MR) is 106 cm³/mol. The van der Waals surface area contributed by atoms with Gasteiger partial charge in [0, 0.05) is 13.3 Å². The van der Waals surface area contributed by atoms with Crippen LogP contribution in [0.25, 0.3) is 0 Å². The van der Waals surface area contributed by atoms with Crippen LogP contribution in [0.4, 0.5) is 4.39 Å². The lowest BCUT2D eigenvalue weighted by Crippen LogP contribution is -2.28. The summed E-state index contributed by atoms with van der Waals surface area (Å²) < 4.78 is 11.9. The maximum atomic E-state index is 11.9. The molecule has 1 aromatic heterocycles. The van der Waals surface area contributed by atoms with E-state index in [4.69, 9.17) is 10.5 Å². The van der Waals surface area contributed by atoms with E-state index in [1.165, 1.54) is 63.7 Å². The first kappa shape index (κ1) is 24.6. The van der Waals surface area contributed by atoms with E-state index < -0.39 is 5.97 Å². The van der Waals surface area contributed by atoms with Gasteiger partial charge in [-0.1, -0.05) is 26.7 Å². The summed E-state index contributed by atoms with van der Waals surface area (Å²) in [7, 11) is 3.09. The smallest absolute Gasteiger partial charge is 0.231 e. The monoisotopic (exact) mass is 368 g/mol. The molecule has 26 heavy (non-hydrogen) atoms. The molecule has 1 unspecified atom stereocenters. The molecule has 3 rings (SSSR count). The second kappa shape index (κ2) is 14.7. The molecule has 150 valence electrons. The Bertz CT molecular complexity index is 466. The van der Waals surface area contributed by atoms with Crippen molar-refractivity contribution in [2.75, 3.05) is 20.7 Å². The van der Waals surface area contributed by atoms with Crippen LogP contribution in [-0.4, -0.2) is 41.7 Å². The molecular weight excluding hydrogens is 331 g/mol. The van der Waals surface area contributed by atoms with Gasteiger partial charge in [0.15, 0.2) is 0 Å². The van der Waals surface area contributed by atoms with Crippen molar-refractivity contribution in [3.8, 4) is 0 Å². The first-order valence-corrected chi connectivity index (χ1v) is 9.75. The molecule has 0 aliphatic heterocycles. The summed E-state index contributed by atoms with van der Waals surface area (Å²) in [6.07, 6.45) is 14.7. The van der Waals surface area contributed by atoms with Crippen molar-refractivity contribution in [1.29, 1.82) is 5.41 Å². The lowest BCUT2D eigenvalue weighted by molar-refractivity contribution is 0.108. The van der Waals surface area contributed by atoms with Crippen molar-refractivity contribution >= 4 is 5.97 Å². The highest BCUT2D eigenvalue weighted by atomic mass is 19.1. The first-order valence-electron chi connectivity index (χ1n) is 9.75. The second-order valence-corrected chi connectivity index (χ2v) is 6.62. The summed E-state index contributed by atoms with van der Waals surface area (Å²) in [5, 5.41) is 16.8. The Kier molecular flexibility index (Phi) is 13.9. The number of rotatable bonds is 3. The largest absolute Gasteiger partial charge is 0.400 e. The number of hydrogen-bond donors (Lipinski definition) is 3. The number of aliphatic hydroxyl groups is 1. The topological polar surface area (TPSA) is 81.9 Å². The fourth-order valence-electron chi connectivity index (χ4n) is 3.64. The van der Waals surface area contributed by atoms with Crippen LogP contribution in [0.1, 0.15) is 70.9 Å². The SMILES string of the molecule is CC.CNCC1CCCC2(CCC2)CC1.CO.N=C(F)c1ccncn1. The first-order chi connectivity index (χ1) is 12.7. The average molecular weight is 369 g/mol. The molecule has 1 aromatic rings. The van der Waals surface area contributed by atoms with Crippen LogP contribution in [0.3, 0.4) is 0 Å². The Balaban J connectivity index is 0.000000422. The molecule has 0 radical (unpaired) electrons. The van der Waals surface area contributed by atoms with Gasteiger partial charge >= 0.3 is 0 Å². The fourth-order valence-corrected chi connectivity index (χ4v) is 3.64. The molecule has 2 aliphatic carbocycles. The molecule has 0 aromatic carbocycles. The van der Waals surface area contributed by atoms with Gasteiger partial charge in [-0.15, -0.1) is 0 Å². The summed E-state index contributed by atoms with van der Waals surface area (Å²) in [4.78, 5) is 7.02. The normalized spacial score (nSPS) is 19.8. The van der Waals surface area contributed by atoms with E-state index in [0.29, 0.717) is 0 Å². The third-order valence-electron chi connectivity index (χ3n) is 5.12. The van der Waals surface area contributed by atoms with Crippen molar-refractivity contribution in [1.82, 2.24) is 15.3 Å². The van der Waals surface area contributed by atoms with E-state index in [9.17, 15) is 4.39 Å². The van der Waals surface area contributed by atoms with E-state index in [0.717, 1.165) is 18.4 Å². The Morgan fingerprint density at radius 1 is 1.23 bits per heavy atom. The van der Waals surface area contributed by atoms with Crippen LogP contribution in [0, 0.1) is 16.7 Å². The van der Waals surface area contributed by atoms with Crippen molar-refractivity contribution in [3.05, 3.63) is 24.3 Å². The van der Waals surface area contributed by atoms with Crippen molar-refractivity contribution in [2.24, 2.45) is 11.3 Å². The predicted octanol–water partition coefficient (Wildman–Crippen LogP) is 4.36. The molecule has 0 saturated heterocycles. The number of aliphatic hydroxyl groups excluding tert-OH is 1. The van der Waals surface area contributed by atoms with Gasteiger partial charge in [0.1, 0.15) is 12.0 Å². The fraction of sp³-hybridized carbons (Fsp3) is 0.750. The average Bonchev–Trinajstić information content (AvgIpc) is 2.89. The zero-order valence-electron chi connectivity index (χ0n) is 16.9. The van der Waals surface area contributed by atoms with Gasteiger partial charge in [0.05, 0.1) is 0 Å². The number of aromatic nitrogens is 2. The van der Waals surface area contributed by atoms with E-state index in [1.54, 1.807) is 12.8 Å². The number of nitrogens with one attached hydrogen (secondary N) is 2. The van der Waals surface area contributed by atoms with Crippen molar-refractivity contribution in [3.63, 3.8) is 0 Å². The van der Waals surface area contributed by atoms with Gasteiger partial charge in [-0.05, 0) is 69.5 Å². The quantitative estimate of drug-likeness (QED) is 0.692. The van der Waals surface area contributed by atoms with Crippen LogP contribution in [0.5, 0.6) is 0 Å². The number of halogens is 1. The third-order valence-corrected chi connectivity index (χ3v) is 5.12. The highest BCUT2D eigenvalue weighted by Crippen LogP contribution is 2.51. The summed E-state index contributed by atoms with van der Waals surface area (Å²) in [6.45, 7) is 5.25. The summed E-state index contributed by atoms with van der Waals surface area (Å²) in [5.74, 6) is -0.0534. The molecule has 2 fully saturated rings. The van der Waals surface area contributed by atoms with Gasteiger partial charge in [0.2, 0.25) is 5.97 Å². The minimum Gasteiger partial charge on any atom is -0.400 e. The Labute approximate surface area is 158 Å². The molecule has 1 heterocycles. The number of nitrogens with zero attached hydrogens (tertiary/aromatic N) is 2. The maximum absolute atomic E-state index is 11.9. The second-order valence-electron chi connectivity index (χ2n) is 6.62. The number of hydrogen-bond acceptors (Lipinski definition) is 5. The summed E-state index contributed by atoms with van der Waals surface area (Å²) >= 11 is 0. The Hall–Kier alpha value is -1.40.